The van der Waals surface area contributed by atoms with Gasteiger partial charge < -0.3 is 23.7 Å². The standard InChI is InChI=1S/C19H20Cl2N4O9/c1-7(26)30-5-11-13(31-8(2)27)14(32-9(3)28)15(33-10(4)29)18(34-11)25-6-22-12-16(20)23-19(21)24-17(12)25/h6,11,13-15,18H,5H2,1-4H3/t11-,13-,14+,15-,18-/m1/s1. The van der Waals surface area contributed by atoms with Gasteiger partial charge >= 0.3 is 23.9 Å². The molecule has 3 heterocycles. The molecule has 184 valence electrons. The normalized spacial score (nSPS) is 24.4. The lowest BCUT2D eigenvalue weighted by Crippen LogP contribution is -2.60. The molecule has 34 heavy (non-hydrogen) atoms. The number of carbonyl (C=O) groups is 4. The van der Waals surface area contributed by atoms with Crippen molar-refractivity contribution in [3.8, 4) is 0 Å². The van der Waals surface area contributed by atoms with Crippen LogP contribution >= 0.6 is 23.2 Å². The number of halogens is 2. The molecule has 0 bridgehead atoms. The van der Waals surface area contributed by atoms with Gasteiger partial charge in [-0.1, -0.05) is 11.6 Å². The summed E-state index contributed by atoms with van der Waals surface area (Å²) in [5, 5.41) is -0.232. The molecule has 0 spiro atoms. The summed E-state index contributed by atoms with van der Waals surface area (Å²) < 4.78 is 28.6. The van der Waals surface area contributed by atoms with E-state index in [1.165, 1.54) is 17.8 Å². The van der Waals surface area contributed by atoms with E-state index < -0.39 is 54.5 Å². The Bertz CT molecular complexity index is 1120. The van der Waals surface area contributed by atoms with Crippen LogP contribution in [0.4, 0.5) is 0 Å². The van der Waals surface area contributed by atoms with Gasteiger partial charge in [0.15, 0.2) is 35.3 Å². The molecule has 1 saturated heterocycles. The Labute approximate surface area is 202 Å². The average Bonchev–Trinajstić information content (AvgIpc) is 3.12. The summed E-state index contributed by atoms with van der Waals surface area (Å²) in [7, 11) is 0. The molecule has 2 aromatic rings. The van der Waals surface area contributed by atoms with E-state index in [4.69, 9.17) is 46.9 Å². The molecule has 5 atom stereocenters. The molecule has 1 aliphatic heterocycles. The van der Waals surface area contributed by atoms with Gasteiger partial charge in [-0.25, -0.2) is 9.97 Å². The van der Waals surface area contributed by atoms with Crippen LogP contribution in [0.5, 0.6) is 0 Å². The van der Waals surface area contributed by atoms with Crippen LogP contribution in [0.1, 0.15) is 33.9 Å². The van der Waals surface area contributed by atoms with E-state index in [9.17, 15) is 19.2 Å². The van der Waals surface area contributed by atoms with Crippen LogP contribution < -0.4 is 0 Å². The number of carbonyl (C=O) groups excluding carboxylic acids is 4. The first-order valence-corrected chi connectivity index (χ1v) is 10.6. The summed E-state index contributed by atoms with van der Waals surface area (Å²) >= 11 is 12.1. The summed E-state index contributed by atoms with van der Waals surface area (Å²) in [4.78, 5) is 59.3. The first-order chi connectivity index (χ1) is 16.0. The van der Waals surface area contributed by atoms with E-state index in [-0.39, 0.29) is 28.2 Å². The molecule has 0 amide bonds. The second-order valence-corrected chi connectivity index (χ2v) is 7.89. The summed E-state index contributed by atoms with van der Waals surface area (Å²) in [5.74, 6) is -2.87. The van der Waals surface area contributed by atoms with Gasteiger partial charge in [-0.05, 0) is 11.6 Å². The Morgan fingerprint density at radius 2 is 1.50 bits per heavy atom. The molecule has 13 nitrogen and oxygen atoms in total. The van der Waals surface area contributed by atoms with Crippen molar-refractivity contribution in [2.24, 2.45) is 0 Å². The van der Waals surface area contributed by atoms with E-state index in [1.807, 2.05) is 0 Å². The highest BCUT2D eigenvalue weighted by molar-refractivity contribution is 6.35. The van der Waals surface area contributed by atoms with Gasteiger partial charge in [0.25, 0.3) is 0 Å². The lowest BCUT2D eigenvalue weighted by atomic mass is 9.97. The van der Waals surface area contributed by atoms with Crippen molar-refractivity contribution in [3.63, 3.8) is 0 Å². The molecule has 0 radical (unpaired) electrons. The molecule has 0 aliphatic carbocycles. The quantitative estimate of drug-likeness (QED) is 0.234. The highest BCUT2D eigenvalue weighted by Gasteiger charge is 2.53. The fourth-order valence-corrected chi connectivity index (χ4v) is 3.89. The van der Waals surface area contributed by atoms with Crippen LogP contribution in [0.2, 0.25) is 10.4 Å². The van der Waals surface area contributed by atoms with E-state index in [2.05, 4.69) is 15.0 Å². The molecule has 2 aromatic heterocycles. The summed E-state index contributed by atoms with van der Waals surface area (Å²) in [6, 6.07) is 0. The van der Waals surface area contributed by atoms with Crippen LogP contribution in [-0.2, 0) is 42.9 Å². The molecule has 0 N–H and O–H groups in total. The summed E-state index contributed by atoms with van der Waals surface area (Å²) in [5.41, 5.74) is 0.282. The minimum absolute atomic E-state index is 0.0422. The van der Waals surface area contributed by atoms with Gasteiger partial charge in [-0.15, -0.1) is 0 Å². The molecule has 3 rings (SSSR count). The summed E-state index contributed by atoms with van der Waals surface area (Å²) in [6.07, 6.45) is -5.09. The molecule has 1 fully saturated rings. The Kier molecular flexibility index (Phi) is 7.89. The van der Waals surface area contributed by atoms with Crippen molar-refractivity contribution >= 4 is 58.2 Å². The number of hydrogen-bond donors (Lipinski definition) is 0. The lowest BCUT2D eigenvalue weighted by Gasteiger charge is -2.44. The molecular formula is C19H20Cl2N4O9. The largest absolute Gasteiger partial charge is 0.463 e. The van der Waals surface area contributed by atoms with Crippen LogP contribution in [0.25, 0.3) is 11.2 Å². The predicted octanol–water partition coefficient (Wildman–Crippen LogP) is 1.39. The van der Waals surface area contributed by atoms with Crippen LogP contribution in [0, 0.1) is 0 Å². The number of hydrogen-bond acceptors (Lipinski definition) is 12. The van der Waals surface area contributed by atoms with Crippen LogP contribution in [0.3, 0.4) is 0 Å². The summed E-state index contributed by atoms with van der Waals surface area (Å²) in [6.45, 7) is 4.19. The monoisotopic (exact) mass is 518 g/mol. The zero-order valence-electron chi connectivity index (χ0n) is 18.4. The maximum absolute atomic E-state index is 12.0. The van der Waals surface area contributed by atoms with Crippen LogP contribution in [0.15, 0.2) is 6.33 Å². The minimum Gasteiger partial charge on any atom is -0.463 e. The van der Waals surface area contributed by atoms with E-state index >= 15 is 0 Å². The fraction of sp³-hybridized carbons (Fsp3) is 0.526. The van der Waals surface area contributed by atoms with Crippen LogP contribution in [-0.4, -0.2) is 74.4 Å². The van der Waals surface area contributed by atoms with Gasteiger partial charge in [0, 0.05) is 27.7 Å². The number of nitrogens with zero attached hydrogens (tertiary/aromatic N) is 4. The maximum atomic E-state index is 12.0. The van der Waals surface area contributed by atoms with E-state index in [0.29, 0.717) is 0 Å². The molecule has 0 saturated carbocycles. The van der Waals surface area contributed by atoms with Crippen molar-refractivity contribution in [1.29, 1.82) is 0 Å². The van der Waals surface area contributed by atoms with Gasteiger partial charge in [0.2, 0.25) is 5.28 Å². The second kappa shape index (κ2) is 10.5. The first-order valence-electron chi connectivity index (χ1n) is 9.84. The highest BCUT2D eigenvalue weighted by Crippen LogP contribution is 2.36. The van der Waals surface area contributed by atoms with E-state index in [0.717, 1.165) is 20.8 Å². The average molecular weight is 519 g/mol. The Morgan fingerprint density at radius 3 is 2.09 bits per heavy atom. The number of esters is 4. The number of rotatable bonds is 6. The first kappa shape index (κ1) is 25.6. The Morgan fingerprint density at radius 1 is 0.912 bits per heavy atom. The number of aromatic nitrogens is 4. The third-order valence-corrected chi connectivity index (χ3v) is 5.02. The van der Waals surface area contributed by atoms with Gasteiger partial charge in [0.05, 0.1) is 6.33 Å². The fourth-order valence-electron chi connectivity index (χ4n) is 3.47. The highest BCUT2D eigenvalue weighted by atomic mass is 35.5. The molecular weight excluding hydrogens is 499 g/mol. The van der Waals surface area contributed by atoms with Crippen molar-refractivity contribution in [2.75, 3.05) is 6.61 Å². The Hall–Kier alpha value is -3.03. The number of fused-ring (bicyclic) bond motifs is 1. The smallest absolute Gasteiger partial charge is 0.303 e. The SMILES string of the molecule is CC(=O)OC[C@H]1O[C@@H](n2cnc3c(Cl)nc(Cl)nc32)[C@H](OC(C)=O)[C@@H](OC(C)=O)[C@@H]1OC(C)=O. The molecule has 15 heteroatoms. The van der Waals surface area contributed by atoms with Gasteiger partial charge in [-0.3, -0.25) is 23.7 Å². The third-order valence-electron chi connectivity index (χ3n) is 4.59. The van der Waals surface area contributed by atoms with Gasteiger partial charge in [-0.2, -0.15) is 4.98 Å². The Balaban J connectivity index is 2.16. The molecule has 0 unspecified atom stereocenters. The predicted molar refractivity (Wildman–Crippen MR) is 113 cm³/mol. The zero-order chi connectivity index (χ0) is 25.2. The molecule has 1 aliphatic rings. The topological polar surface area (TPSA) is 158 Å². The van der Waals surface area contributed by atoms with Crippen molar-refractivity contribution < 1.29 is 42.9 Å². The van der Waals surface area contributed by atoms with Crippen molar-refractivity contribution in [3.05, 3.63) is 16.8 Å². The van der Waals surface area contributed by atoms with E-state index in [1.54, 1.807) is 0 Å². The number of imidazole rings is 1. The third kappa shape index (κ3) is 5.72. The lowest BCUT2D eigenvalue weighted by molar-refractivity contribution is -0.267. The van der Waals surface area contributed by atoms with Crippen molar-refractivity contribution in [2.45, 2.75) is 58.3 Å². The molecule has 0 aromatic carbocycles. The maximum Gasteiger partial charge on any atom is 0.303 e. The number of ether oxygens (including phenoxy) is 5. The van der Waals surface area contributed by atoms with Gasteiger partial charge in [0.1, 0.15) is 18.2 Å². The second-order valence-electron chi connectivity index (χ2n) is 7.20. The zero-order valence-corrected chi connectivity index (χ0v) is 19.9. The minimum atomic E-state index is -1.35. The van der Waals surface area contributed by atoms with Crippen molar-refractivity contribution in [1.82, 2.24) is 19.5 Å².